The number of rotatable bonds is 6. The Kier molecular flexibility index (Phi) is 3.65. The van der Waals surface area contributed by atoms with Crippen LogP contribution in [0.2, 0.25) is 0 Å². The molecule has 0 spiro atoms. The van der Waals surface area contributed by atoms with Crippen molar-refractivity contribution in [1.82, 2.24) is 20.1 Å². The van der Waals surface area contributed by atoms with Crippen molar-refractivity contribution in [2.75, 3.05) is 7.11 Å². The highest BCUT2D eigenvalue weighted by molar-refractivity contribution is 5.80. The average molecular weight is 252 g/mol. The molecule has 6 nitrogen and oxygen atoms in total. The van der Waals surface area contributed by atoms with Crippen molar-refractivity contribution in [3.63, 3.8) is 0 Å². The highest BCUT2D eigenvalue weighted by Crippen LogP contribution is 2.28. The van der Waals surface area contributed by atoms with E-state index in [0.29, 0.717) is 12.5 Å². The van der Waals surface area contributed by atoms with Gasteiger partial charge in [-0.2, -0.15) is 5.10 Å². The van der Waals surface area contributed by atoms with Gasteiger partial charge in [0.15, 0.2) is 0 Å². The largest absolute Gasteiger partial charge is 0.468 e. The van der Waals surface area contributed by atoms with Gasteiger partial charge in [0.1, 0.15) is 18.2 Å². The van der Waals surface area contributed by atoms with Gasteiger partial charge in [0.2, 0.25) is 0 Å². The summed E-state index contributed by atoms with van der Waals surface area (Å²) in [6, 6.07) is 0.528. The Balaban J connectivity index is 2.06. The van der Waals surface area contributed by atoms with Crippen molar-refractivity contribution in [2.24, 2.45) is 0 Å². The standard InChI is InChI=1S/C12H20N4O2/c1-9(16-8-13-7-14-16)6-12(2,11(17)18-3)15-10-4-5-10/h7-10,15H,4-6H2,1-3H3. The van der Waals surface area contributed by atoms with Gasteiger partial charge in [0.25, 0.3) is 0 Å². The molecule has 18 heavy (non-hydrogen) atoms. The van der Waals surface area contributed by atoms with Gasteiger partial charge < -0.3 is 4.74 Å². The summed E-state index contributed by atoms with van der Waals surface area (Å²) in [4.78, 5) is 15.9. The molecular weight excluding hydrogens is 232 g/mol. The van der Waals surface area contributed by atoms with Crippen molar-refractivity contribution in [3.05, 3.63) is 12.7 Å². The summed E-state index contributed by atoms with van der Waals surface area (Å²) in [6.07, 6.45) is 6.05. The minimum atomic E-state index is -0.665. The monoisotopic (exact) mass is 252 g/mol. The fourth-order valence-electron chi connectivity index (χ4n) is 2.23. The van der Waals surface area contributed by atoms with Crippen LogP contribution in [0.5, 0.6) is 0 Å². The summed E-state index contributed by atoms with van der Waals surface area (Å²) in [5, 5.41) is 7.48. The number of hydrogen-bond acceptors (Lipinski definition) is 5. The Labute approximate surface area is 107 Å². The molecule has 1 N–H and O–H groups in total. The number of methoxy groups -OCH3 is 1. The van der Waals surface area contributed by atoms with Crippen LogP contribution >= 0.6 is 0 Å². The van der Waals surface area contributed by atoms with Crippen LogP contribution in [0.15, 0.2) is 12.7 Å². The Morgan fingerprint density at radius 2 is 2.39 bits per heavy atom. The highest BCUT2D eigenvalue weighted by Gasteiger charge is 2.40. The van der Waals surface area contributed by atoms with Crippen LogP contribution in [0.3, 0.4) is 0 Å². The second-order valence-electron chi connectivity index (χ2n) is 5.17. The van der Waals surface area contributed by atoms with Crippen molar-refractivity contribution in [1.29, 1.82) is 0 Å². The van der Waals surface area contributed by atoms with Crippen molar-refractivity contribution in [2.45, 2.75) is 50.7 Å². The minimum absolute atomic E-state index is 0.0860. The van der Waals surface area contributed by atoms with Gasteiger partial charge in [-0.25, -0.2) is 4.98 Å². The molecule has 1 aromatic rings. The number of ether oxygens (including phenoxy) is 1. The average Bonchev–Trinajstić information content (AvgIpc) is 2.98. The summed E-state index contributed by atoms with van der Waals surface area (Å²) >= 11 is 0. The Bertz CT molecular complexity index is 402. The van der Waals surface area contributed by atoms with E-state index in [1.165, 1.54) is 13.4 Å². The molecule has 100 valence electrons. The first kappa shape index (κ1) is 13.0. The van der Waals surface area contributed by atoms with Crippen molar-refractivity contribution in [3.8, 4) is 0 Å². The minimum Gasteiger partial charge on any atom is -0.468 e. The summed E-state index contributed by atoms with van der Waals surface area (Å²) < 4.78 is 6.68. The van der Waals surface area contributed by atoms with Gasteiger partial charge in [-0.05, 0) is 33.1 Å². The predicted octanol–water partition coefficient (Wildman–Crippen LogP) is 0.913. The van der Waals surface area contributed by atoms with Crippen LogP contribution in [0.4, 0.5) is 0 Å². The second kappa shape index (κ2) is 5.06. The number of carbonyl (C=O) groups excluding carboxylic acids is 1. The number of hydrogen-bond donors (Lipinski definition) is 1. The van der Waals surface area contributed by atoms with E-state index in [0.717, 1.165) is 12.8 Å². The van der Waals surface area contributed by atoms with Crippen LogP contribution in [0.1, 0.15) is 39.2 Å². The number of esters is 1. The van der Waals surface area contributed by atoms with Gasteiger partial charge in [-0.3, -0.25) is 14.8 Å². The molecule has 1 aliphatic carbocycles. The lowest BCUT2D eigenvalue weighted by Crippen LogP contribution is -2.52. The summed E-state index contributed by atoms with van der Waals surface area (Å²) in [7, 11) is 1.43. The van der Waals surface area contributed by atoms with Gasteiger partial charge in [-0.15, -0.1) is 0 Å². The van der Waals surface area contributed by atoms with Gasteiger partial charge in [0, 0.05) is 6.04 Å². The third-order valence-corrected chi connectivity index (χ3v) is 3.33. The lowest BCUT2D eigenvalue weighted by Gasteiger charge is -2.30. The maximum Gasteiger partial charge on any atom is 0.325 e. The topological polar surface area (TPSA) is 69.0 Å². The second-order valence-corrected chi connectivity index (χ2v) is 5.17. The normalized spacial score (nSPS) is 20.2. The van der Waals surface area contributed by atoms with E-state index in [4.69, 9.17) is 4.74 Å². The maximum atomic E-state index is 12.0. The lowest BCUT2D eigenvalue weighted by atomic mass is 9.93. The van der Waals surface area contributed by atoms with E-state index in [1.807, 2.05) is 13.8 Å². The fourth-order valence-corrected chi connectivity index (χ4v) is 2.23. The third-order valence-electron chi connectivity index (χ3n) is 3.33. The number of nitrogens with one attached hydrogen (secondary N) is 1. The summed E-state index contributed by atoms with van der Waals surface area (Å²) in [5.74, 6) is -0.221. The summed E-state index contributed by atoms with van der Waals surface area (Å²) in [5.41, 5.74) is -0.665. The van der Waals surface area contributed by atoms with E-state index in [1.54, 1.807) is 11.0 Å². The lowest BCUT2D eigenvalue weighted by molar-refractivity contribution is -0.148. The zero-order chi connectivity index (χ0) is 13.2. The third kappa shape index (κ3) is 2.87. The van der Waals surface area contributed by atoms with Crippen LogP contribution in [0.25, 0.3) is 0 Å². The van der Waals surface area contributed by atoms with Crippen LogP contribution in [-0.2, 0) is 9.53 Å². The fraction of sp³-hybridized carbons (Fsp3) is 0.750. The Hall–Kier alpha value is -1.43. The molecule has 2 unspecified atom stereocenters. The smallest absolute Gasteiger partial charge is 0.325 e. The molecule has 1 saturated carbocycles. The molecule has 2 atom stereocenters. The van der Waals surface area contributed by atoms with Gasteiger partial charge in [-0.1, -0.05) is 0 Å². The predicted molar refractivity (Wildman–Crippen MR) is 65.9 cm³/mol. The molecule has 1 fully saturated rings. The quantitative estimate of drug-likeness (QED) is 0.762. The van der Waals surface area contributed by atoms with E-state index in [2.05, 4.69) is 15.4 Å². The number of nitrogens with zero attached hydrogens (tertiary/aromatic N) is 3. The molecule has 6 heteroatoms. The molecule has 0 amide bonds. The molecule has 1 aromatic heterocycles. The molecule has 0 saturated heterocycles. The van der Waals surface area contributed by atoms with E-state index >= 15 is 0 Å². The molecule has 0 bridgehead atoms. The Morgan fingerprint density at radius 1 is 1.67 bits per heavy atom. The Morgan fingerprint density at radius 3 is 2.89 bits per heavy atom. The molecule has 1 heterocycles. The molecule has 0 aromatic carbocycles. The van der Waals surface area contributed by atoms with Crippen molar-refractivity contribution >= 4 is 5.97 Å². The maximum absolute atomic E-state index is 12.0. The van der Waals surface area contributed by atoms with Crippen molar-refractivity contribution < 1.29 is 9.53 Å². The molecule has 1 aliphatic rings. The summed E-state index contributed by atoms with van der Waals surface area (Å²) in [6.45, 7) is 3.91. The molecule has 2 rings (SSSR count). The van der Waals surface area contributed by atoms with Crippen LogP contribution < -0.4 is 5.32 Å². The van der Waals surface area contributed by atoms with Gasteiger partial charge in [0.05, 0.1) is 13.2 Å². The first-order valence-corrected chi connectivity index (χ1v) is 6.25. The molecule has 0 radical (unpaired) electrons. The number of carbonyl (C=O) groups is 1. The number of aromatic nitrogens is 3. The van der Waals surface area contributed by atoms with E-state index in [-0.39, 0.29) is 12.0 Å². The van der Waals surface area contributed by atoms with E-state index in [9.17, 15) is 4.79 Å². The van der Waals surface area contributed by atoms with E-state index < -0.39 is 5.54 Å². The van der Waals surface area contributed by atoms with Gasteiger partial charge >= 0.3 is 5.97 Å². The first-order chi connectivity index (χ1) is 8.55. The first-order valence-electron chi connectivity index (χ1n) is 6.25. The van der Waals surface area contributed by atoms with Crippen LogP contribution in [-0.4, -0.2) is 39.4 Å². The molecular formula is C12H20N4O2. The SMILES string of the molecule is COC(=O)C(C)(CC(C)n1cncn1)NC1CC1. The zero-order valence-corrected chi connectivity index (χ0v) is 11.1. The van der Waals surface area contributed by atoms with Crippen LogP contribution in [0, 0.1) is 0 Å². The molecule has 0 aliphatic heterocycles. The zero-order valence-electron chi connectivity index (χ0n) is 11.1. The highest BCUT2D eigenvalue weighted by atomic mass is 16.5.